The second-order valence-electron chi connectivity index (χ2n) is 4.40. The van der Waals surface area contributed by atoms with Crippen molar-refractivity contribution in [2.75, 3.05) is 30.8 Å². The number of amides is 1. The zero-order valence-corrected chi connectivity index (χ0v) is 11.2. The standard InChI is InChI=1S/C14H18N4O/c1-3-17-14(19)9-18(2)13-5-4-12(15)11-8-16-7-6-10(11)13/h4-8H,3,9,15H2,1-2H3,(H,17,19). The average Bonchev–Trinajstić information content (AvgIpc) is 2.39. The minimum atomic E-state index is 0.00373. The first-order chi connectivity index (χ1) is 9.13. The number of carbonyl (C=O) groups is 1. The predicted octanol–water partition coefficient (Wildman–Crippen LogP) is 1.39. The lowest BCUT2D eigenvalue weighted by atomic mass is 10.1. The van der Waals surface area contributed by atoms with Crippen LogP contribution in [0.25, 0.3) is 10.8 Å². The first-order valence-electron chi connectivity index (χ1n) is 6.23. The van der Waals surface area contributed by atoms with Crippen LogP contribution >= 0.6 is 0 Å². The molecule has 0 saturated carbocycles. The Morgan fingerprint density at radius 3 is 2.89 bits per heavy atom. The highest BCUT2D eigenvalue weighted by atomic mass is 16.2. The Labute approximate surface area is 112 Å². The van der Waals surface area contributed by atoms with Crippen molar-refractivity contribution >= 4 is 28.1 Å². The van der Waals surface area contributed by atoms with Gasteiger partial charge in [-0.25, -0.2) is 0 Å². The third kappa shape index (κ3) is 2.76. The van der Waals surface area contributed by atoms with E-state index in [0.29, 0.717) is 18.8 Å². The van der Waals surface area contributed by atoms with E-state index in [1.807, 2.05) is 37.1 Å². The number of pyridine rings is 1. The number of rotatable bonds is 4. The SMILES string of the molecule is CCNC(=O)CN(C)c1ccc(N)c2cnccc12. The van der Waals surface area contributed by atoms with Gasteiger partial charge in [-0.2, -0.15) is 0 Å². The van der Waals surface area contributed by atoms with Crippen LogP contribution in [0.4, 0.5) is 11.4 Å². The van der Waals surface area contributed by atoms with Gasteiger partial charge in [0.15, 0.2) is 0 Å². The first kappa shape index (κ1) is 13.1. The Kier molecular flexibility index (Phi) is 3.85. The summed E-state index contributed by atoms with van der Waals surface area (Å²) in [7, 11) is 1.89. The maximum atomic E-state index is 11.6. The molecule has 0 saturated heterocycles. The molecular formula is C14H18N4O. The van der Waals surface area contributed by atoms with E-state index >= 15 is 0 Å². The Balaban J connectivity index is 2.35. The van der Waals surface area contributed by atoms with Crippen LogP contribution < -0.4 is 16.0 Å². The molecular weight excluding hydrogens is 240 g/mol. The highest BCUT2D eigenvalue weighted by Crippen LogP contribution is 2.29. The fourth-order valence-electron chi connectivity index (χ4n) is 2.08. The third-order valence-corrected chi connectivity index (χ3v) is 2.99. The van der Waals surface area contributed by atoms with Gasteiger partial charge in [0.2, 0.25) is 5.91 Å². The number of anilines is 2. The van der Waals surface area contributed by atoms with Crippen LogP contribution in [0.2, 0.25) is 0 Å². The van der Waals surface area contributed by atoms with E-state index in [4.69, 9.17) is 5.73 Å². The molecule has 0 spiro atoms. The number of likely N-dealkylation sites (N-methyl/N-ethyl adjacent to an activating group) is 2. The number of nitrogens with two attached hydrogens (primary N) is 1. The molecule has 0 aliphatic carbocycles. The molecule has 0 fully saturated rings. The quantitative estimate of drug-likeness (QED) is 0.813. The monoisotopic (exact) mass is 258 g/mol. The van der Waals surface area contributed by atoms with Gasteiger partial charge in [-0.3, -0.25) is 9.78 Å². The summed E-state index contributed by atoms with van der Waals surface area (Å²) in [4.78, 5) is 17.6. The van der Waals surface area contributed by atoms with Crippen LogP contribution in [0.1, 0.15) is 6.92 Å². The zero-order chi connectivity index (χ0) is 13.8. The average molecular weight is 258 g/mol. The van der Waals surface area contributed by atoms with Gasteiger partial charge in [-0.05, 0) is 25.1 Å². The second kappa shape index (κ2) is 5.56. The van der Waals surface area contributed by atoms with Crippen LogP contribution in [0.3, 0.4) is 0 Å². The molecule has 100 valence electrons. The van der Waals surface area contributed by atoms with Crippen molar-refractivity contribution in [1.82, 2.24) is 10.3 Å². The molecule has 0 atom stereocenters. The number of fused-ring (bicyclic) bond motifs is 1. The minimum absolute atomic E-state index is 0.00373. The number of nitrogen functional groups attached to an aromatic ring is 1. The van der Waals surface area contributed by atoms with Gasteiger partial charge in [0.25, 0.3) is 0 Å². The van der Waals surface area contributed by atoms with E-state index in [-0.39, 0.29) is 5.91 Å². The van der Waals surface area contributed by atoms with Gasteiger partial charge in [-0.15, -0.1) is 0 Å². The smallest absolute Gasteiger partial charge is 0.239 e. The van der Waals surface area contributed by atoms with Crippen molar-refractivity contribution < 1.29 is 4.79 Å². The molecule has 1 heterocycles. The van der Waals surface area contributed by atoms with Crippen LogP contribution in [0.5, 0.6) is 0 Å². The van der Waals surface area contributed by atoms with Gasteiger partial charge >= 0.3 is 0 Å². The van der Waals surface area contributed by atoms with Gasteiger partial charge in [0, 0.05) is 48.1 Å². The van der Waals surface area contributed by atoms with Crippen molar-refractivity contribution in [3.63, 3.8) is 0 Å². The molecule has 2 aromatic rings. The van der Waals surface area contributed by atoms with Gasteiger partial charge in [0.05, 0.1) is 6.54 Å². The summed E-state index contributed by atoms with van der Waals surface area (Å²) in [5.41, 5.74) is 7.60. The van der Waals surface area contributed by atoms with Crippen molar-refractivity contribution in [3.8, 4) is 0 Å². The lowest BCUT2D eigenvalue weighted by Crippen LogP contribution is -2.35. The van der Waals surface area contributed by atoms with E-state index in [2.05, 4.69) is 10.3 Å². The van der Waals surface area contributed by atoms with Crippen LogP contribution in [-0.2, 0) is 4.79 Å². The molecule has 3 N–H and O–H groups in total. The highest BCUT2D eigenvalue weighted by Gasteiger charge is 2.11. The molecule has 0 bridgehead atoms. The Bertz CT molecular complexity index is 597. The van der Waals surface area contributed by atoms with Crippen LogP contribution in [0.15, 0.2) is 30.6 Å². The van der Waals surface area contributed by atoms with Gasteiger partial charge in [0.1, 0.15) is 0 Å². The molecule has 5 nitrogen and oxygen atoms in total. The molecule has 1 amide bonds. The summed E-state index contributed by atoms with van der Waals surface area (Å²) in [6.07, 6.45) is 3.47. The molecule has 1 aromatic carbocycles. The number of aromatic nitrogens is 1. The summed E-state index contributed by atoms with van der Waals surface area (Å²) < 4.78 is 0. The van der Waals surface area contributed by atoms with E-state index in [1.54, 1.807) is 12.4 Å². The summed E-state index contributed by atoms with van der Waals surface area (Å²) in [6, 6.07) is 5.68. The lowest BCUT2D eigenvalue weighted by Gasteiger charge is -2.21. The fraction of sp³-hybridized carbons (Fsp3) is 0.286. The lowest BCUT2D eigenvalue weighted by molar-refractivity contribution is -0.119. The van der Waals surface area contributed by atoms with Crippen LogP contribution in [0, 0.1) is 0 Å². The largest absolute Gasteiger partial charge is 0.398 e. The van der Waals surface area contributed by atoms with Crippen molar-refractivity contribution in [1.29, 1.82) is 0 Å². The van der Waals surface area contributed by atoms with Crippen LogP contribution in [-0.4, -0.2) is 31.0 Å². The Hall–Kier alpha value is -2.30. The van der Waals surface area contributed by atoms with E-state index in [9.17, 15) is 4.79 Å². The predicted molar refractivity (Wildman–Crippen MR) is 78.1 cm³/mol. The highest BCUT2D eigenvalue weighted by molar-refractivity contribution is 6.01. The zero-order valence-electron chi connectivity index (χ0n) is 11.2. The van der Waals surface area contributed by atoms with E-state index < -0.39 is 0 Å². The number of hydrogen-bond acceptors (Lipinski definition) is 4. The van der Waals surface area contributed by atoms with E-state index in [1.165, 1.54) is 0 Å². The second-order valence-corrected chi connectivity index (χ2v) is 4.40. The summed E-state index contributed by atoms with van der Waals surface area (Å²) in [5, 5.41) is 4.69. The Morgan fingerprint density at radius 1 is 1.37 bits per heavy atom. The number of carbonyl (C=O) groups excluding carboxylic acids is 1. The van der Waals surface area contributed by atoms with Gasteiger partial charge in [-0.1, -0.05) is 0 Å². The van der Waals surface area contributed by atoms with Crippen molar-refractivity contribution in [2.24, 2.45) is 0 Å². The first-order valence-corrected chi connectivity index (χ1v) is 6.23. The summed E-state index contributed by atoms with van der Waals surface area (Å²) in [6.45, 7) is 2.86. The summed E-state index contributed by atoms with van der Waals surface area (Å²) in [5.74, 6) is 0.00373. The number of benzene rings is 1. The molecule has 2 rings (SSSR count). The van der Waals surface area contributed by atoms with Gasteiger partial charge < -0.3 is 16.0 Å². The topological polar surface area (TPSA) is 71.2 Å². The number of nitrogens with zero attached hydrogens (tertiary/aromatic N) is 2. The molecule has 5 heteroatoms. The van der Waals surface area contributed by atoms with Crippen molar-refractivity contribution in [2.45, 2.75) is 6.92 Å². The Morgan fingerprint density at radius 2 is 2.16 bits per heavy atom. The molecule has 0 unspecified atom stereocenters. The minimum Gasteiger partial charge on any atom is -0.398 e. The normalized spacial score (nSPS) is 10.4. The number of hydrogen-bond donors (Lipinski definition) is 2. The molecule has 0 aliphatic heterocycles. The fourth-order valence-corrected chi connectivity index (χ4v) is 2.08. The molecule has 1 aromatic heterocycles. The number of nitrogens with one attached hydrogen (secondary N) is 1. The molecule has 0 aliphatic rings. The third-order valence-electron chi connectivity index (χ3n) is 2.99. The summed E-state index contributed by atoms with van der Waals surface area (Å²) >= 11 is 0. The molecule has 0 radical (unpaired) electrons. The maximum Gasteiger partial charge on any atom is 0.239 e. The molecule has 19 heavy (non-hydrogen) atoms. The van der Waals surface area contributed by atoms with E-state index in [0.717, 1.165) is 16.5 Å². The maximum absolute atomic E-state index is 11.6. The van der Waals surface area contributed by atoms with Crippen molar-refractivity contribution in [3.05, 3.63) is 30.6 Å².